The van der Waals surface area contributed by atoms with E-state index in [2.05, 4.69) is 20.4 Å². The summed E-state index contributed by atoms with van der Waals surface area (Å²) in [6.45, 7) is 2.25. The highest BCUT2D eigenvalue weighted by Crippen LogP contribution is 2.26. The van der Waals surface area contributed by atoms with Crippen LogP contribution in [0.2, 0.25) is 0 Å². The molecule has 1 atom stereocenters. The van der Waals surface area contributed by atoms with Crippen molar-refractivity contribution in [3.8, 4) is 0 Å². The Morgan fingerprint density at radius 2 is 2.24 bits per heavy atom. The number of aromatic nitrogens is 3. The second kappa shape index (κ2) is 8.68. The number of ether oxygens (including phenoxy) is 1. The van der Waals surface area contributed by atoms with Crippen molar-refractivity contribution in [2.75, 3.05) is 26.7 Å². The normalized spacial score (nSPS) is 17.1. The number of likely N-dealkylation sites (N-methyl/N-ethyl adjacent to an activating group) is 1. The Morgan fingerprint density at radius 3 is 3.00 bits per heavy atom. The van der Waals surface area contributed by atoms with E-state index in [9.17, 15) is 4.79 Å². The molecule has 0 unspecified atom stereocenters. The minimum Gasteiger partial charge on any atom is -0.368 e. The van der Waals surface area contributed by atoms with Crippen LogP contribution in [-0.2, 0) is 22.5 Å². The van der Waals surface area contributed by atoms with Crippen molar-refractivity contribution < 1.29 is 14.1 Å². The zero-order valence-corrected chi connectivity index (χ0v) is 14.4. The Kier molecular flexibility index (Phi) is 6.08. The lowest BCUT2D eigenvalue weighted by Crippen LogP contribution is -2.35. The average Bonchev–Trinajstić information content (AvgIpc) is 3.27. The van der Waals surface area contributed by atoms with Gasteiger partial charge in [-0.3, -0.25) is 14.7 Å². The van der Waals surface area contributed by atoms with Crippen LogP contribution in [0.5, 0.6) is 0 Å². The molecule has 1 aliphatic rings. The molecule has 0 aromatic carbocycles. The summed E-state index contributed by atoms with van der Waals surface area (Å²) in [4.78, 5) is 22.3. The fourth-order valence-electron chi connectivity index (χ4n) is 2.74. The second-order valence-electron chi connectivity index (χ2n) is 6.18. The number of nitrogens with one attached hydrogen (secondary N) is 1. The number of pyridine rings is 1. The number of carbonyl (C=O) groups excluding carboxylic acids is 1. The van der Waals surface area contributed by atoms with Gasteiger partial charge < -0.3 is 14.6 Å². The van der Waals surface area contributed by atoms with Crippen molar-refractivity contribution >= 4 is 5.91 Å². The Hall–Kier alpha value is -2.32. The van der Waals surface area contributed by atoms with Gasteiger partial charge >= 0.3 is 0 Å². The van der Waals surface area contributed by atoms with E-state index in [0.717, 1.165) is 25.0 Å². The van der Waals surface area contributed by atoms with E-state index >= 15 is 0 Å². The van der Waals surface area contributed by atoms with Gasteiger partial charge in [0.1, 0.15) is 6.10 Å². The number of amides is 1. The predicted molar refractivity (Wildman–Crippen MR) is 89.5 cm³/mol. The van der Waals surface area contributed by atoms with E-state index in [1.54, 1.807) is 12.4 Å². The largest absolute Gasteiger partial charge is 0.368 e. The third kappa shape index (κ3) is 5.33. The molecule has 2 aromatic heterocycles. The lowest BCUT2D eigenvalue weighted by molar-refractivity contribution is -0.122. The van der Waals surface area contributed by atoms with E-state index < -0.39 is 0 Å². The first-order valence-electron chi connectivity index (χ1n) is 8.49. The van der Waals surface area contributed by atoms with E-state index in [-0.39, 0.29) is 12.0 Å². The number of nitrogens with zero attached hydrogens (tertiary/aromatic N) is 4. The lowest BCUT2D eigenvalue weighted by Gasteiger charge is -2.16. The van der Waals surface area contributed by atoms with Crippen LogP contribution in [0.25, 0.3) is 0 Å². The van der Waals surface area contributed by atoms with Crippen LogP contribution in [-0.4, -0.2) is 52.7 Å². The molecule has 0 saturated carbocycles. The van der Waals surface area contributed by atoms with Gasteiger partial charge in [0, 0.05) is 38.5 Å². The standard InChI is InChI=1S/C17H23N5O3/c1-22(11-13-4-7-18-8-5-13)12-16(23)19-9-6-15-20-17(25-21-15)14-3-2-10-24-14/h4-5,7-8,14H,2-3,6,9-12H2,1H3,(H,19,23)/t14-/m1/s1. The summed E-state index contributed by atoms with van der Waals surface area (Å²) >= 11 is 0. The van der Waals surface area contributed by atoms with Crippen LogP contribution < -0.4 is 5.32 Å². The van der Waals surface area contributed by atoms with E-state index in [1.807, 2.05) is 24.1 Å². The molecule has 0 radical (unpaired) electrons. The van der Waals surface area contributed by atoms with E-state index in [1.165, 1.54) is 0 Å². The van der Waals surface area contributed by atoms with Gasteiger partial charge in [-0.25, -0.2) is 0 Å². The minimum absolute atomic E-state index is 0.0283. The zero-order valence-electron chi connectivity index (χ0n) is 14.4. The molecule has 1 amide bonds. The highest BCUT2D eigenvalue weighted by molar-refractivity contribution is 5.77. The van der Waals surface area contributed by atoms with Crippen LogP contribution in [0.3, 0.4) is 0 Å². The van der Waals surface area contributed by atoms with Crippen molar-refractivity contribution in [3.05, 3.63) is 41.8 Å². The van der Waals surface area contributed by atoms with Crippen LogP contribution in [0.15, 0.2) is 29.0 Å². The molecule has 2 aromatic rings. The van der Waals surface area contributed by atoms with E-state index in [0.29, 0.717) is 37.8 Å². The van der Waals surface area contributed by atoms with Gasteiger partial charge in [-0.1, -0.05) is 5.16 Å². The van der Waals surface area contributed by atoms with Gasteiger partial charge in [-0.05, 0) is 37.6 Å². The molecule has 1 saturated heterocycles. The molecule has 8 nitrogen and oxygen atoms in total. The summed E-state index contributed by atoms with van der Waals surface area (Å²) in [5.41, 5.74) is 1.12. The monoisotopic (exact) mass is 345 g/mol. The Bertz CT molecular complexity index is 670. The summed E-state index contributed by atoms with van der Waals surface area (Å²) in [6.07, 6.45) is 5.90. The van der Waals surface area contributed by atoms with Crippen molar-refractivity contribution in [2.24, 2.45) is 0 Å². The summed E-state index contributed by atoms with van der Waals surface area (Å²) < 4.78 is 10.7. The lowest BCUT2D eigenvalue weighted by atomic mass is 10.2. The summed E-state index contributed by atoms with van der Waals surface area (Å²) in [5.74, 6) is 1.10. The van der Waals surface area contributed by atoms with Crippen LogP contribution in [0.4, 0.5) is 0 Å². The quantitative estimate of drug-likeness (QED) is 0.766. The highest BCUT2D eigenvalue weighted by Gasteiger charge is 2.23. The average molecular weight is 345 g/mol. The first-order valence-corrected chi connectivity index (χ1v) is 8.49. The number of carbonyl (C=O) groups is 1. The summed E-state index contributed by atoms with van der Waals surface area (Å²) in [6, 6.07) is 3.88. The molecule has 0 aliphatic carbocycles. The summed E-state index contributed by atoms with van der Waals surface area (Å²) in [5, 5.41) is 6.82. The van der Waals surface area contributed by atoms with Gasteiger partial charge in [0.15, 0.2) is 5.82 Å². The van der Waals surface area contributed by atoms with Crippen LogP contribution in [0.1, 0.15) is 36.2 Å². The topological polar surface area (TPSA) is 93.4 Å². The minimum atomic E-state index is -0.0716. The van der Waals surface area contributed by atoms with Crippen molar-refractivity contribution in [3.63, 3.8) is 0 Å². The maximum atomic E-state index is 12.0. The first-order chi connectivity index (χ1) is 12.2. The first kappa shape index (κ1) is 17.5. The van der Waals surface area contributed by atoms with E-state index in [4.69, 9.17) is 9.26 Å². The smallest absolute Gasteiger partial charge is 0.255 e. The molecule has 25 heavy (non-hydrogen) atoms. The van der Waals surface area contributed by atoms with Crippen molar-refractivity contribution in [1.82, 2.24) is 25.3 Å². The zero-order chi connectivity index (χ0) is 17.5. The second-order valence-corrected chi connectivity index (χ2v) is 6.18. The van der Waals surface area contributed by atoms with Gasteiger partial charge in [0.05, 0.1) is 6.54 Å². The third-order valence-electron chi connectivity index (χ3n) is 3.98. The molecule has 8 heteroatoms. The molecule has 0 spiro atoms. The molecular formula is C17H23N5O3. The summed E-state index contributed by atoms with van der Waals surface area (Å²) in [7, 11) is 1.91. The van der Waals surface area contributed by atoms with Crippen LogP contribution >= 0.6 is 0 Å². The van der Waals surface area contributed by atoms with Gasteiger partial charge in [0.25, 0.3) is 5.89 Å². The SMILES string of the molecule is CN(CC(=O)NCCc1noc([C@H]2CCCO2)n1)Cc1ccncc1. The molecule has 1 N–H and O–H groups in total. The van der Waals surface area contributed by atoms with Gasteiger partial charge in [0.2, 0.25) is 5.91 Å². The maximum Gasteiger partial charge on any atom is 0.255 e. The Labute approximate surface area is 146 Å². The molecule has 3 heterocycles. The molecule has 0 bridgehead atoms. The van der Waals surface area contributed by atoms with Crippen LogP contribution in [0, 0.1) is 0 Å². The third-order valence-corrected chi connectivity index (χ3v) is 3.98. The Morgan fingerprint density at radius 1 is 1.40 bits per heavy atom. The fourth-order valence-corrected chi connectivity index (χ4v) is 2.74. The molecule has 1 aliphatic heterocycles. The molecular weight excluding hydrogens is 322 g/mol. The Balaban J connectivity index is 1.36. The van der Waals surface area contributed by atoms with Crippen molar-refractivity contribution in [1.29, 1.82) is 0 Å². The fraction of sp³-hybridized carbons (Fsp3) is 0.529. The molecule has 134 valence electrons. The number of rotatable bonds is 8. The number of hydrogen-bond donors (Lipinski definition) is 1. The highest BCUT2D eigenvalue weighted by atomic mass is 16.5. The number of hydrogen-bond acceptors (Lipinski definition) is 7. The van der Waals surface area contributed by atoms with Gasteiger partial charge in [-0.15, -0.1) is 0 Å². The molecule has 3 rings (SSSR count). The van der Waals surface area contributed by atoms with Gasteiger partial charge in [-0.2, -0.15) is 4.98 Å². The molecule has 1 fully saturated rings. The predicted octanol–water partition coefficient (Wildman–Crippen LogP) is 1.11. The van der Waals surface area contributed by atoms with Crippen molar-refractivity contribution in [2.45, 2.75) is 31.9 Å². The maximum absolute atomic E-state index is 12.0.